The molecule has 0 radical (unpaired) electrons. The summed E-state index contributed by atoms with van der Waals surface area (Å²) in [6, 6.07) is 3.68. The predicted octanol–water partition coefficient (Wildman–Crippen LogP) is 2.63. The lowest BCUT2D eigenvalue weighted by atomic mass is 9.91. The second kappa shape index (κ2) is 7.84. The zero-order chi connectivity index (χ0) is 19.5. The SMILES string of the molecule is Cc1noc(C)c1-c1cc(CC2CCN(C(=O)c3ccncn3)CC2)ncn1. The van der Waals surface area contributed by atoms with Gasteiger partial charge in [0.1, 0.15) is 24.1 Å². The normalized spacial score (nSPS) is 15.0. The lowest BCUT2D eigenvalue weighted by Gasteiger charge is -2.31. The summed E-state index contributed by atoms with van der Waals surface area (Å²) in [6.07, 6.45) is 7.37. The fourth-order valence-electron chi connectivity index (χ4n) is 3.71. The second-order valence-corrected chi connectivity index (χ2v) is 7.13. The Morgan fingerprint density at radius 1 is 1.18 bits per heavy atom. The van der Waals surface area contributed by atoms with Crippen LogP contribution in [0.15, 0.2) is 35.5 Å². The molecule has 8 heteroatoms. The Balaban J connectivity index is 1.39. The van der Waals surface area contributed by atoms with Crippen LogP contribution >= 0.6 is 0 Å². The number of aryl methyl sites for hydroxylation is 2. The highest BCUT2D eigenvalue weighted by Crippen LogP contribution is 2.27. The molecular weight excluding hydrogens is 356 g/mol. The van der Waals surface area contributed by atoms with Gasteiger partial charge in [0.15, 0.2) is 0 Å². The van der Waals surface area contributed by atoms with Crippen LogP contribution in [0.25, 0.3) is 11.3 Å². The van der Waals surface area contributed by atoms with Gasteiger partial charge in [-0.1, -0.05) is 5.16 Å². The Morgan fingerprint density at radius 2 is 2.00 bits per heavy atom. The van der Waals surface area contributed by atoms with Crippen LogP contribution in [0, 0.1) is 19.8 Å². The minimum absolute atomic E-state index is 0.0245. The summed E-state index contributed by atoms with van der Waals surface area (Å²) in [6.45, 7) is 5.27. The van der Waals surface area contributed by atoms with E-state index < -0.39 is 0 Å². The summed E-state index contributed by atoms with van der Waals surface area (Å²) in [5.74, 6) is 1.23. The summed E-state index contributed by atoms with van der Waals surface area (Å²) >= 11 is 0. The molecule has 0 aliphatic carbocycles. The molecule has 0 N–H and O–H groups in total. The smallest absolute Gasteiger partial charge is 0.272 e. The van der Waals surface area contributed by atoms with Gasteiger partial charge in [-0.2, -0.15) is 0 Å². The molecule has 0 unspecified atom stereocenters. The van der Waals surface area contributed by atoms with Crippen molar-refractivity contribution in [3.8, 4) is 11.3 Å². The van der Waals surface area contributed by atoms with E-state index in [4.69, 9.17) is 4.52 Å². The molecule has 4 rings (SSSR count). The third-order valence-electron chi connectivity index (χ3n) is 5.21. The number of nitrogens with zero attached hydrogens (tertiary/aromatic N) is 6. The molecule has 0 bridgehead atoms. The molecule has 1 amide bonds. The highest BCUT2D eigenvalue weighted by molar-refractivity contribution is 5.92. The molecule has 8 nitrogen and oxygen atoms in total. The van der Waals surface area contributed by atoms with Crippen molar-refractivity contribution in [1.82, 2.24) is 30.0 Å². The molecule has 1 aliphatic rings. The number of likely N-dealkylation sites (tertiary alicyclic amines) is 1. The first-order chi connectivity index (χ1) is 13.6. The van der Waals surface area contributed by atoms with E-state index in [9.17, 15) is 4.79 Å². The van der Waals surface area contributed by atoms with E-state index >= 15 is 0 Å². The summed E-state index contributed by atoms with van der Waals surface area (Å²) in [5.41, 5.74) is 4.07. The average molecular weight is 378 g/mol. The third-order valence-corrected chi connectivity index (χ3v) is 5.21. The van der Waals surface area contributed by atoms with Crippen LogP contribution in [-0.2, 0) is 6.42 Å². The Morgan fingerprint density at radius 3 is 2.68 bits per heavy atom. The molecule has 144 valence electrons. The fraction of sp³-hybridized carbons (Fsp3) is 0.400. The Labute approximate surface area is 163 Å². The number of aromatic nitrogens is 5. The van der Waals surface area contributed by atoms with Crippen LogP contribution in [0.5, 0.6) is 0 Å². The van der Waals surface area contributed by atoms with Gasteiger partial charge >= 0.3 is 0 Å². The molecule has 4 heterocycles. The van der Waals surface area contributed by atoms with Crippen LogP contribution < -0.4 is 0 Å². The lowest BCUT2D eigenvalue weighted by molar-refractivity contribution is 0.0684. The average Bonchev–Trinajstić information content (AvgIpc) is 3.07. The molecule has 0 aromatic carbocycles. The molecule has 28 heavy (non-hydrogen) atoms. The number of piperidine rings is 1. The number of amides is 1. The molecule has 0 spiro atoms. The van der Waals surface area contributed by atoms with E-state index in [1.54, 1.807) is 18.6 Å². The van der Waals surface area contributed by atoms with Gasteiger partial charge in [-0.05, 0) is 51.2 Å². The highest BCUT2D eigenvalue weighted by Gasteiger charge is 2.25. The molecular formula is C20H22N6O2. The van der Waals surface area contributed by atoms with E-state index in [0.717, 1.165) is 60.8 Å². The number of hydrogen-bond donors (Lipinski definition) is 0. The number of hydrogen-bond acceptors (Lipinski definition) is 7. The van der Waals surface area contributed by atoms with E-state index in [2.05, 4.69) is 25.1 Å². The minimum atomic E-state index is -0.0245. The number of rotatable bonds is 4. The highest BCUT2D eigenvalue weighted by atomic mass is 16.5. The van der Waals surface area contributed by atoms with Crippen molar-refractivity contribution in [2.45, 2.75) is 33.1 Å². The molecule has 0 atom stereocenters. The monoisotopic (exact) mass is 378 g/mol. The minimum Gasteiger partial charge on any atom is -0.361 e. The summed E-state index contributed by atoms with van der Waals surface area (Å²) in [7, 11) is 0. The van der Waals surface area contributed by atoms with Crippen molar-refractivity contribution >= 4 is 5.91 Å². The first-order valence-electron chi connectivity index (χ1n) is 9.41. The molecule has 3 aromatic rings. The Bertz CT molecular complexity index is 944. The van der Waals surface area contributed by atoms with Gasteiger partial charge in [-0.3, -0.25) is 4.79 Å². The second-order valence-electron chi connectivity index (χ2n) is 7.13. The molecule has 1 saturated heterocycles. The van der Waals surface area contributed by atoms with Crippen LogP contribution in [0.1, 0.15) is 40.5 Å². The number of carbonyl (C=O) groups is 1. The van der Waals surface area contributed by atoms with Crippen molar-refractivity contribution < 1.29 is 9.32 Å². The van der Waals surface area contributed by atoms with Crippen molar-refractivity contribution in [2.24, 2.45) is 5.92 Å². The zero-order valence-corrected chi connectivity index (χ0v) is 16.0. The van der Waals surface area contributed by atoms with Crippen molar-refractivity contribution in [3.63, 3.8) is 0 Å². The Hall–Kier alpha value is -3.16. The summed E-state index contributed by atoms with van der Waals surface area (Å²) in [5, 5.41) is 4.01. The van der Waals surface area contributed by atoms with E-state index in [1.807, 2.05) is 24.8 Å². The van der Waals surface area contributed by atoms with Gasteiger partial charge in [0.05, 0.1) is 17.0 Å². The van der Waals surface area contributed by atoms with Crippen LogP contribution in [0.4, 0.5) is 0 Å². The lowest BCUT2D eigenvalue weighted by Crippen LogP contribution is -2.39. The quantitative estimate of drug-likeness (QED) is 0.688. The van der Waals surface area contributed by atoms with Gasteiger partial charge in [0.2, 0.25) is 0 Å². The summed E-state index contributed by atoms with van der Waals surface area (Å²) < 4.78 is 5.25. The molecule has 1 fully saturated rings. The first kappa shape index (κ1) is 18.2. The van der Waals surface area contributed by atoms with Crippen LogP contribution in [0.2, 0.25) is 0 Å². The maximum absolute atomic E-state index is 12.5. The van der Waals surface area contributed by atoms with Crippen molar-refractivity contribution in [2.75, 3.05) is 13.1 Å². The van der Waals surface area contributed by atoms with E-state index in [0.29, 0.717) is 11.6 Å². The third kappa shape index (κ3) is 3.76. The molecule has 0 saturated carbocycles. The number of carbonyl (C=O) groups excluding carboxylic acids is 1. The van der Waals surface area contributed by atoms with Gasteiger partial charge in [0, 0.05) is 25.0 Å². The van der Waals surface area contributed by atoms with Crippen LogP contribution in [-0.4, -0.2) is 49.0 Å². The zero-order valence-electron chi connectivity index (χ0n) is 16.0. The first-order valence-corrected chi connectivity index (χ1v) is 9.41. The van der Waals surface area contributed by atoms with Crippen LogP contribution in [0.3, 0.4) is 0 Å². The van der Waals surface area contributed by atoms with Crippen molar-refractivity contribution in [3.05, 3.63) is 53.8 Å². The molecule has 3 aromatic heterocycles. The van der Waals surface area contributed by atoms with Gasteiger partial charge in [-0.25, -0.2) is 19.9 Å². The fourth-order valence-corrected chi connectivity index (χ4v) is 3.71. The summed E-state index contributed by atoms with van der Waals surface area (Å²) in [4.78, 5) is 31.1. The van der Waals surface area contributed by atoms with E-state index in [1.165, 1.54) is 6.33 Å². The maximum atomic E-state index is 12.5. The standard InChI is InChI=1S/C20H22N6O2/c1-13-19(14(2)28-25-13)18-10-16(22-12-24-18)9-15-4-7-26(8-5-15)20(27)17-3-6-21-11-23-17/h3,6,10-12,15H,4-5,7-9H2,1-2H3. The molecule has 1 aliphatic heterocycles. The Kier molecular flexibility index (Phi) is 5.10. The van der Waals surface area contributed by atoms with E-state index in [-0.39, 0.29) is 5.91 Å². The van der Waals surface area contributed by atoms with Crippen molar-refractivity contribution in [1.29, 1.82) is 0 Å². The topological polar surface area (TPSA) is 97.9 Å². The predicted molar refractivity (Wildman–Crippen MR) is 101 cm³/mol. The maximum Gasteiger partial charge on any atom is 0.272 e. The van der Waals surface area contributed by atoms with Gasteiger partial charge in [0.25, 0.3) is 5.91 Å². The van der Waals surface area contributed by atoms with Gasteiger partial charge < -0.3 is 9.42 Å². The largest absolute Gasteiger partial charge is 0.361 e. The van der Waals surface area contributed by atoms with Gasteiger partial charge in [-0.15, -0.1) is 0 Å².